The molecule has 6 rings (SSSR count). The Hall–Kier alpha value is -4.17. The summed E-state index contributed by atoms with van der Waals surface area (Å²) in [7, 11) is 0. The van der Waals surface area contributed by atoms with Gasteiger partial charge in [0, 0.05) is 38.3 Å². The van der Waals surface area contributed by atoms with Gasteiger partial charge in [-0.1, -0.05) is 18.6 Å². The zero-order chi connectivity index (χ0) is 25.9. The number of hydrogen-bond donors (Lipinski definition) is 0. The Balaban J connectivity index is 0.00000294. The Morgan fingerprint density at radius 1 is 1.24 bits per heavy atom. The maximum Gasteiger partial charge on any atom is 0.354 e. The minimum Gasteiger partial charge on any atom is -0.483 e. The molecule has 0 radical (unpaired) electrons. The van der Waals surface area contributed by atoms with Crippen LogP contribution in [0, 0.1) is 16.2 Å². The molecule has 2 aliphatic heterocycles. The third kappa shape index (κ3) is 3.67. The summed E-state index contributed by atoms with van der Waals surface area (Å²) in [4.78, 5) is 55.4. The third-order valence-electron chi connectivity index (χ3n) is 6.89. The molecule has 11 heteroatoms. The first-order valence-corrected chi connectivity index (χ1v) is 11.6. The van der Waals surface area contributed by atoms with Crippen LogP contribution < -0.4 is 5.56 Å². The summed E-state index contributed by atoms with van der Waals surface area (Å²) >= 11 is 0. The molecule has 4 aromatic rings. The van der Waals surface area contributed by atoms with E-state index in [-0.39, 0.29) is 63.0 Å². The summed E-state index contributed by atoms with van der Waals surface area (Å²) in [6, 6.07) is 17.1. The molecule has 0 spiro atoms. The van der Waals surface area contributed by atoms with Crippen LogP contribution in [0.5, 0.6) is 0 Å². The Kier molecular flexibility index (Phi) is 6.23. The zero-order valence-electron chi connectivity index (χ0n) is 19.9. The quantitative estimate of drug-likeness (QED) is 0.122. The molecule has 38 heavy (non-hydrogen) atoms. The second-order valence-electron chi connectivity index (χ2n) is 8.83. The van der Waals surface area contributed by atoms with Gasteiger partial charge in [-0.3, -0.25) is 14.9 Å². The van der Waals surface area contributed by atoms with E-state index in [4.69, 9.17) is 9.47 Å². The number of ether oxygens (including phenoxy) is 2. The van der Waals surface area contributed by atoms with Crippen molar-refractivity contribution >= 4 is 28.5 Å². The predicted octanol–water partition coefficient (Wildman–Crippen LogP) is 3.65. The molecule has 10 nitrogen and oxygen atoms in total. The topological polar surface area (TPSA) is 131 Å². The van der Waals surface area contributed by atoms with Crippen LogP contribution in [0.4, 0.5) is 5.69 Å². The molecular formula is C27H18N3O7W-. The van der Waals surface area contributed by atoms with Crippen molar-refractivity contribution in [2.45, 2.75) is 32.1 Å². The van der Waals surface area contributed by atoms with E-state index in [1.54, 1.807) is 49.4 Å². The number of fused-ring (bicyclic) bond motifs is 5. The van der Waals surface area contributed by atoms with Crippen LogP contribution in [0.1, 0.15) is 40.4 Å². The summed E-state index contributed by atoms with van der Waals surface area (Å²) in [5, 5.41) is 11.9. The zero-order valence-corrected chi connectivity index (χ0v) is 22.9. The number of carbonyl (C=O) groups excluding carboxylic acids is 2. The number of nitro benzene ring substituents is 1. The van der Waals surface area contributed by atoms with E-state index in [0.29, 0.717) is 27.9 Å². The largest absolute Gasteiger partial charge is 0.483 e. The number of cyclic esters (lactones) is 1. The number of hydrogen-bond acceptors (Lipinski definition) is 8. The minimum atomic E-state index is -1.83. The molecule has 2 aromatic heterocycles. The number of rotatable bonds is 4. The Morgan fingerprint density at radius 3 is 2.76 bits per heavy atom. The molecule has 0 saturated carbocycles. The summed E-state index contributed by atoms with van der Waals surface area (Å²) in [6.07, 6.45) is 0.0322. The fourth-order valence-electron chi connectivity index (χ4n) is 5.04. The van der Waals surface area contributed by atoms with Crippen molar-refractivity contribution in [3.05, 3.63) is 103 Å². The first-order chi connectivity index (χ1) is 17.8. The van der Waals surface area contributed by atoms with E-state index in [9.17, 15) is 24.5 Å². The predicted molar refractivity (Wildman–Crippen MR) is 130 cm³/mol. The van der Waals surface area contributed by atoms with Gasteiger partial charge in [-0.05, 0) is 24.6 Å². The van der Waals surface area contributed by atoms with E-state index in [1.807, 2.05) is 0 Å². The number of nitrogens with zero attached hydrogens (tertiary/aromatic N) is 3. The van der Waals surface area contributed by atoms with Gasteiger partial charge in [-0.15, -0.1) is 30.3 Å². The second-order valence-corrected chi connectivity index (χ2v) is 8.83. The van der Waals surface area contributed by atoms with E-state index in [1.165, 1.54) is 16.7 Å². The van der Waals surface area contributed by atoms with Crippen LogP contribution in [-0.2, 0) is 54.1 Å². The van der Waals surface area contributed by atoms with Crippen molar-refractivity contribution in [2.75, 3.05) is 0 Å². The average Bonchev–Trinajstić information content (AvgIpc) is 3.27. The van der Waals surface area contributed by atoms with Gasteiger partial charge in [0.05, 0.1) is 39.3 Å². The Morgan fingerprint density at radius 2 is 2.05 bits per heavy atom. The van der Waals surface area contributed by atoms with Crippen molar-refractivity contribution < 1.29 is 45.1 Å². The third-order valence-corrected chi connectivity index (χ3v) is 6.89. The maximum absolute atomic E-state index is 13.6. The van der Waals surface area contributed by atoms with Crippen LogP contribution in [0.3, 0.4) is 0 Å². The summed E-state index contributed by atoms with van der Waals surface area (Å²) < 4.78 is 12.6. The van der Waals surface area contributed by atoms with E-state index in [0.717, 1.165) is 0 Å². The number of esters is 2. The van der Waals surface area contributed by atoms with Gasteiger partial charge < -0.3 is 18.8 Å². The molecule has 2 aromatic carbocycles. The van der Waals surface area contributed by atoms with Crippen molar-refractivity contribution in [3.63, 3.8) is 0 Å². The maximum atomic E-state index is 13.6. The molecule has 0 unspecified atom stereocenters. The van der Waals surface area contributed by atoms with Gasteiger partial charge in [0.15, 0.2) is 0 Å². The number of non-ortho nitro benzene ring substituents is 1. The Labute approximate surface area is 229 Å². The average molecular weight is 680 g/mol. The fourth-order valence-corrected chi connectivity index (χ4v) is 5.04. The molecule has 0 aliphatic carbocycles. The van der Waals surface area contributed by atoms with Gasteiger partial charge in [0.1, 0.15) is 6.61 Å². The smallest absolute Gasteiger partial charge is 0.354 e. The summed E-state index contributed by atoms with van der Waals surface area (Å²) in [6.45, 7) is 1.56. The van der Waals surface area contributed by atoms with Crippen molar-refractivity contribution in [2.24, 2.45) is 0 Å². The van der Waals surface area contributed by atoms with Crippen molar-refractivity contribution in [1.82, 2.24) is 9.55 Å². The fraction of sp³-hybridized carbons (Fsp3) is 0.185. The number of benzene rings is 2. The molecule has 1 atom stereocenters. The van der Waals surface area contributed by atoms with Crippen LogP contribution in [0.2, 0.25) is 0 Å². The first-order valence-electron chi connectivity index (χ1n) is 11.6. The molecule has 0 fully saturated rings. The number of pyridine rings is 2. The van der Waals surface area contributed by atoms with Crippen LogP contribution in [-0.4, -0.2) is 26.4 Å². The van der Waals surface area contributed by atoms with Crippen LogP contribution >= 0.6 is 0 Å². The molecule has 2 aliphatic rings. The summed E-state index contributed by atoms with van der Waals surface area (Å²) in [5.74, 6) is -1.54. The van der Waals surface area contributed by atoms with Crippen LogP contribution in [0.25, 0.3) is 22.3 Å². The van der Waals surface area contributed by atoms with E-state index < -0.39 is 28.0 Å². The first kappa shape index (κ1) is 25.5. The normalized spacial score (nSPS) is 17.0. The van der Waals surface area contributed by atoms with Crippen LogP contribution in [0.15, 0.2) is 59.4 Å². The molecule has 0 amide bonds. The molecule has 4 heterocycles. The van der Waals surface area contributed by atoms with Gasteiger partial charge in [0.25, 0.3) is 17.2 Å². The van der Waals surface area contributed by atoms with Gasteiger partial charge in [0.2, 0.25) is 5.60 Å². The van der Waals surface area contributed by atoms with Gasteiger partial charge in [-0.2, -0.15) is 0 Å². The molecule has 0 bridgehead atoms. The number of nitro groups is 1. The standard InChI is InChI=1S/C27H18N3O7.W/c1-2-27(37-25(32)15-7-4-3-5-8-15)19-12-22-23-16(13-29(22)24(31)18(19)14-36-26(27)33)11-17-20(28-23)9-6-10-21(17)30(34)35;/h3-7,9-12H,2,13-14H2,1H3;/q-1;/t27-;/m0./s1. The van der Waals surface area contributed by atoms with Gasteiger partial charge in [-0.25, -0.2) is 9.78 Å². The monoisotopic (exact) mass is 680 g/mol. The molecular weight excluding hydrogens is 662 g/mol. The van der Waals surface area contributed by atoms with E-state index >= 15 is 0 Å². The molecule has 0 N–H and O–H groups in total. The number of aromatic nitrogens is 2. The molecule has 190 valence electrons. The SMILES string of the molecule is CC[C@@]1(OC(=O)c2[c-]cccc2)C(=O)OCc2c1cc1n(c2=O)Cc2cc3c([N+](=O)[O-])cccc3nc2-1.[W]. The summed E-state index contributed by atoms with van der Waals surface area (Å²) in [5.41, 5.74) is 0.210. The minimum absolute atomic E-state index is 0. The Bertz CT molecular complexity index is 1720. The van der Waals surface area contributed by atoms with Crippen molar-refractivity contribution in [3.8, 4) is 11.4 Å². The van der Waals surface area contributed by atoms with Gasteiger partial charge >= 0.3 is 5.97 Å². The number of carbonyl (C=O) groups is 2. The molecule has 0 saturated heterocycles. The van der Waals surface area contributed by atoms with Crippen molar-refractivity contribution in [1.29, 1.82) is 0 Å². The second kappa shape index (κ2) is 9.29. The van der Waals surface area contributed by atoms with E-state index in [2.05, 4.69) is 11.1 Å².